The number of benzene rings is 2. The van der Waals surface area contributed by atoms with Crippen LogP contribution in [-0.4, -0.2) is 37.5 Å². The van der Waals surface area contributed by atoms with E-state index in [2.05, 4.69) is 10.1 Å². The van der Waals surface area contributed by atoms with Crippen molar-refractivity contribution in [2.45, 2.75) is 33.3 Å². The van der Waals surface area contributed by atoms with Crippen LogP contribution in [-0.2, 0) is 14.3 Å². The quantitative estimate of drug-likeness (QED) is 0.686. The van der Waals surface area contributed by atoms with E-state index in [-0.39, 0.29) is 30.9 Å². The summed E-state index contributed by atoms with van der Waals surface area (Å²) in [6, 6.07) is 13.7. The summed E-state index contributed by atoms with van der Waals surface area (Å²) < 4.78 is 10.4. The van der Waals surface area contributed by atoms with Gasteiger partial charge in [-0.3, -0.25) is 9.59 Å². The summed E-state index contributed by atoms with van der Waals surface area (Å²) in [5.74, 6) is -0.292. The molecule has 7 nitrogen and oxygen atoms in total. The normalized spacial score (nSPS) is 10.4. The molecule has 29 heavy (non-hydrogen) atoms. The van der Waals surface area contributed by atoms with Crippen LogP contribution in [0.15, 0.2) is 48.5 Å². The molecule has 0 heterocycles. The number of esters is 1. The largest absolute Gasteiger partial charge is 0.489 e. The molecule has 0 spiro atoms. The predicted molar refractivity (Wildman–Crippen MR) is 111 cm³/mol. The Morgan fingerprint density at radius 2 is 1.69 bits per heavy atom. The van der Waals surface area contributed by atoms with Gasteiger partial charge in [0.15, 0.2) is 0 Å². The van der Waals surface area contributed by atoms with E-state index in [0.717, 1.165) is 0 Å². The summed E-state index contributed by atoms with van der Waals surface area (Å²) in [7, 11) is 1.31. The smallest absolute Gasteiger partial charge is 0.337 e. The molecule has 0 radical (unpaired) electrons. The molecule has 2 amide bonds. The van der Waals surface area contributed by atoms with Crippen LogP contribution in [0.3, 0.4) is 0 Å². The molecule has 0 unspecified atom stereocenters. The van der Waals surface area contributed by atoms with Gasteiger partial charge in [0.2, 0.25) is 11.8 Å². The van der Waals surface area contributed by atoms with Crippen LogP contribution in [0.4, 0.5) is 11.4 Å². The highest BCUT2D eigenvalue weighted by Gasteiger charge is 2.16. The fourth-order valence-corrected chi connectivity index (χ4v) is 2.72. The Morgan fingerprint density at radius 3 is 2.28 bits per heavy atom. The van der Waals surface area contributed by atoms with Gasteiger partial charge in [-0.2, -0.15) is 0 Å². The SMILES string of the molecule is COC(=O)c1ccc(N(CCC(=O)Nc2ccccc2OC(C)C)C(C)=O)cc1. The van der Waals surface area contributed by atoms with Gasteiger partial charge < -0.3 is 19.7 Å². The summed E-state index contributed by atoms with van der Waals surface area (Å²) in [6.45, 7) is 5.45. The number of hydrogen-bond donors (Lipinski definition) is 1. The molecule has 0 fully saturated rings. The molecule has 7 heteroatoms. The third-order valence-corrected chi connectivity index (χ3v) is 4.07. The van der Waals surface area contributed by atoms with Gasteiger partial charge >= 0.3 is 5.97 Å². The van der Waals surface area contributed by atoms with Crippen molar-refractivity contribution in [1.82, 2.24) is 0 Å². The number of methoxy groups -OCH3 is 1. The number of ether oxygens (including phenoxy) is 2. The molecule has 0 aliphatic carbocycles. The number of amides is 2. The Kier molecular flexibility index (Phi) is 7.77. The van der Waals surface area contributed by atoms with Gasteiger partial charge in [-0.05, 0) is 50.2 Å². The number of anilines is 2. The van der Waals surface area contributed by atoms with Gasteiger partial charge in [-0.15, -0.1) is 0 Å². The van der Waals surface area contributed by atoms with Crippen molar-refractivity contribution < 1.29 is 23.9 Å². The van der Waals surface area contributed by atoms with Crippen molar-refractivity contribution in [1.29, 1.82) is 0 Å². The van der Waals surface area contributed by atoms with E-state index in [9.17, 15) is 14.4 Å². The van der Waals surface area contributed by atoms with Crippen molar-refractivity contribution in [3.63, 3.8) is 0 Å². The topological polar surface area (TPSA) is 84.9 Å². The van der Waals surface area contributed by atoms with Gasteiger partial charge in [-0.25, -0.2) is 4.79 Å². The second kappa shape index (κ2) is 10.3. The number of carbonyl (C=O) groups is 3. The Morgan fingerprint density at radius 1 is 1.03 bits per heavy atom. The van der Waals surface area contributed by atoms with Crippen LogP contribution >= 0.6 is 0 Å². The van der Waals surface area contributed by atoms with E-state index < -0.39 is 5.97 Å². The number of hydrogen-bond acceptors (Lipinski definition) is 5. The Balaban J connectivity index is 2.03. The molecule has 2 rings (SSSR count). The summed E-state index contributed by atoms with van der Waals surface area (Å²) >= 11 is 0. The Hall–Kier alpha value is -3.35. The lowest BCUT2D eigenvalue weighted by atomic mass is 10.2. The van der Waals surface area contributed by atoms with Crippen molar-refractivity contribution in [2.75, 3.05) is 23.9 Å². The molecule has 2 aromatic rings. The summed E-state index contributed by atoms with van der Waals surface area (Å²) in [4.78, 5) is 37.5. The van der Waals surface area contributed by atoms with Gasteiger partial charge in [-0.1, -0.05) is 12.1 Å². The fraction of sp³-hybridized carbons (Fsp3) is 0.318. The van der Waals surface area contributed by atoms with Crippen molar-refractivity contribution >= 4 is 29.2 Å². The highest BCUT2D eigenvalue weighted by atomic mass is 16.5. The first kappa shape index (κ1) is 21.9. The van der Waals surface area contributed by atoms with Gasteiger partial charge in [0.1, 0.15) is 5.75 Å². The zero-order valence-electron chi connectivity index (χ0n) is 17.1. The van der Waals surface area contributed by atoms with Crippen LogP contribution in [0.25, 0.3) is 0 Å². The van der Waals surface area contributed by atoms with E-state index in [1.54, 1.807) is 36.4 Å². The maximum absolute atomic E-state index is 12.4. The maximum Gasteiger partial charge on any atom is 0.337 e. The standard InChI is InChI=1S/C22H26N2O5/c1-15(2)29-20-8-6-5-7-19(20)23-21(26)13-14-24(16(3)25)18-11-9-17(10-12-18)22(27)28-4/h5-12,15H,13-14H2,1-4H3,(H,23,26). The highest BCUT2D eigenvalue weighted by molar-refractivity contribution is 5.96. The third kappa shape index (κ3) is 6.34. The number of para-hydroxylation sites is 2. The lowest BCUT2D eigenvalue weighted by molar-refractivity contribution is -0.117. The van der Waals surface area contributed by atoms with Gasteiger partial charge in [0, 0.05) is 25.6 Å². The van der Waals surface area contributed by atoms with Crippen LogP contribution < -0.4 is 15.0 Å². The molecule has 0 aliphatic heterocycles. The molecule has 0 saturated heterocycles. The second-order valence-corrected chi connectivity index (χ2v) is 6.67. The first-order valence-electron chi connectivity index (χ1n) is 9.33. The van der Waals surface area contributed by atoms with Crippen molar-refractivity contribution in [3.05, 3.63) is 54.1 Å². The fourth-order valence-electron chi connectivity index (χ4n) is 2.72. The minimum absolute atomic E-state index is 0.0192. The molecule has 154 valence electrons. The molecule has 0 aromatic heterocycles. The van der Waals surface area contributed by atoms with E-state index in [0.29, 0.717) is 22.7 Å². The van der Waals surface area contributed by atoms with Crippen LogP contribution in [0, 0.1) is 0 Å². The lowest BCUT2D eigenvalue weighted by Gasteiger charge is -2.21. The van der Waals surface area contributed by atoms with E-state index >= 15 is 0 Å². The maximum atomic E-state index is 12.4. The number of nitrogens with one attached hydrogen (secondary N) is 1. The summed E-state index contributed by atoms with van der Waals surface area (Å²) in [6.07, 6.45) is 0.0863. The molecular weight excluding hydrogens is 372 g/mol. The first-order chi connectivity index (χ1) is 13.8. The second-order valence-electron chi connectivity index (χ2n) is 6.67. The van der Waals surface area contributed by atoms with E-state index in [1.807, 2.05) is 26.0 Å². The van der Waals surface area contributed by atoms with Crippen molar-refractivity contribution in [3.8, 4) is 5.75 Å². The third-order valence-electron chi connectivity index (χ3n) is 4.07. The average Bonchev–Trinajstić information content (AvgIpc) is 2.69. The summed E-state index contributed by atoms with van der Waals surface area (Å²) in [5.41, 5.74) is 1.57. The van der Waals surface area contributed by atoms with Gasteiger partial charge in [0.25, 0.3) is 0 Å². The average molecular weight is 398 g/mol. The molecule has 2 aromatic carbocycles. The van der Waals surface area contributed by atoms with E-state index in [1.165, 1.54) is 18.9 Å². The minimum Gasteiger partial charge on any atom is -0.489 e. The number of nitrogens with zero attached hydrogens (tertiary/aromatic N) is 1. The van der Waals surface area contributed by atoms with Gasteiger partial charge in [0.05, 0.1) is 24.5 Å². The van der Waals surface area contributed by atoms with Crippen LogP contribution in [0.5, 0.6) is 5.75 Å². The Bertz CT molecular complexity index is 862. The minimum atomic E-state index is -0.451. The lowest BCUT2D eigenvalue weighted by Crippen LogP contribution is -2.32. The number of rotatable bonds is 8. The molecule has 0 saturated carbocycles. The van der Waals surface area contributed by atoms with Crippen LogP contribution in [0.2, 0.25) is 0 Å². The highest BCUT2D eigenvalue weighted by Crippen LogP contribution is 2.25. The molecule has 1 N–H and O–H groups in total. The number of carbonyl (C=O) groups excluding carboxylic acids is 3. The molecular formula is C22H26N2O5. The van der Waals surface area contributed by atoms with Crippen molar-refractivity contribution in [2.24, 2.45) is 0 Å². The first-order valence-corrected chi connectivity index (χ1v) is 9.33. The molecule has 0 aliphatic rings. The monoisotopic (exact) mass is 398 g/mol. The predicted octanol–water partition coefficient (Wildman–Crippen LogP) is 3.64. The Labute approximate surface area is 170 Å². The molecule has 0 atom stereocenters. The van der Waals surface area contributed by atoms with Crippen LogP contribution in [0.1, 0.15) is 37.6 Å². The summed E-state index contributed by atoms with van der Waals surface area (Å²) in [5, 5.41) is 2.83. The zero-order chi connectivity index (χ0) is 21.4. The molecule has 0 bridgehead atoms. The zero-order valence-corrected chi connectivity index (χ0v) is 17.1. The van der Waals surface area contributed by atoms with E-state index in [4.69, 9.17) is 4.74 Å².